The lowest BCUT2D eigenvalue weighted by Gasteiger charge is -2.23. The van der Waals surface area contributed by atoms with Crippen LogP contribution < -0.4 is 9.47 Å². The maximum atomic E-state index is 12.1. The predicted octanol–water partition coefficient (Wildman–Crippen LogP) is 1.86. The average Bonchev–Trinajstić information content (AvgIpc) is 3.70. The molecule has 1 unspecified atom stereocenters. The summed E-state index contributed by atoms with van der Waals surface area (Å²) in [6.07, 6.45) is 2.25. The van der Waals surface area contributed by atoms with E-state index < -0.39 is 28.5 Å². The number of amides is 2. The van der Waals surface area contributed by atoms with Crippen LogP contribution in [-0.2, 0) is 85.4 Å². The molecule has 0 saturated carbocycles. The van der Waals surface area contributed by atoms with E-state index in [1.54, 1.807) is 7.11 Å². The zero-order chi connectivity index (χ0) is 50.4. The number of carbonyl (C=O) groups excluding carboxylic acids is 2. The van der Waals surface area contributed by atoms with Crippen LogP contribution >= 0.6 is 0 Å². The molecular weight excluding hydrogens is 932 g/mol. The highest BCUT2D eigenvalue weighted by atomic mass is 16.6. The third kappa shape index (κ3) is 31.7. The fourth-order valence-corrected chi connectivity index (χ4v) is 5.87. The first-order valence-corrected chi connectivity index (χ1v) is 23.6. The van der Waals surface area contributed by atoms with Gasteiger partial charge >= 0.3 is 5.69 Å². The van der Waals surface area contributed by atoms with Gasteiger partial charge < -0.3 is 85.3 Å². The van der Waals surface area contributed by atoms with Crippen molar-refractivity contribution < 1.29 is 99.8 Å². The number of hydrogen-bond donors (Lipinski definition) is 0. The van der Waals surface area contributed by atoms with Crippen molar-refractivity contribution in [3.8, 4) is 11.5 Å². The third-order valence-electron chi connectivity index (χ3n) is 9.32. The number of imide groups is 1. The fourth-order valence-electron chi connectivity index (χ4n) is 5.87. The molecule has 24 heteroatoms. The van der Waals surface area contributed by atoms with E-state index in [-0.39, 0.29) is 30.3 Å². The Morgan fingerprint density at radius 1 is 0.429 bits per heavy atom. The molecule has 0 aromatic heterocycles. The van der Waals surface area contributed by atoms with Gasteiger partial charge in [0.2, 0.25) is 5.75 Å². The first-order chi connectivity index (χ1) is 34.4. The number of nitro groups is 1. The summed E-state index contributed by atoms with van der Waals surface area (Å²) < 4.78 is 98.0. The summed E-state index contributed by atoms with van der Waals surface area (Å²) in [6, 6.07) is 2.05. The van der Waals surface area contributed by atoms with Crippen LogP contribution in [0.25, 0.3) is 0 Å². The van der Waals surface area contributed by atoms with E-state index >= 15 is 0 Å². The molecule has 0 bridgehead atoms. The molecule has 0 fully saturated rings. The molecule has 2 amide bonds. The molecule has 70 heavy (non-hydrogen) atoms. The Kier molecular flexibility index (Phi) is 40.5. The number of methoxy groups -OCH3 is 2. The van der Waals surface area contributed by atoms with Crippen LogP contribution in [0, 0.1) is 10.1 Å². The van der Waals surface area contributed by atoms with Gasteiger partial charge in [0.15, 0.2) is 5.75 Å². The summed E-state index contributed by atoms with van der Waals surface area (Å²) in [4.78, 5) is 36.6. The second-order valence-corrected chi connectivity index (χ2v) is 14.4. The van der Waals surface area contributed by atoms with E-state index in [1.165, 1.54) is 26.2 Å². The van der Waals surface area contributed by atoms with E-state index in [0.717, 1.165) is 17.1 Å². The van der Waals surface area contributed by atoms with E-state index in [9.17, 15) is 19.7 Å². The van der Waals surface area contributed by atoms with Crippen molar-refractivity contribution in [1.29, 1.82) is 0 Å². The van der Waals surface area contributed by atoms with Gasteiger partial charge in [0, 0.05) is 19.3 Å². The van der Waals surface area contributed by atoms with E-state index in [0.29, 0.717) is 198 Å². The smallest absolute Gasteiger partial charge is 0.320 e. The largest absolute Gasteiger partial charge is 0.488 e. The number of ether oxygens (including phenoxy) is 18. The van der Waals surface area contributed by atoms with Crippen LogP contribution in [0.5, 0.6) is 11.5 Å². The number of hydrogen-bond acceptors (Lipinski definition) is 22. The molecule has 1 heterocycles. The van der Waals surface area contributed by atoms with Crippen LogP contribution in [-0.4, -0.2) is 247 Å². The highest BCUT2D eigenvalue weighted by Gasteiger charge is 2.36. The molecule has 0 radical (unpaired) electrons. The molecule has 1 aromatic rings. The monoisotopic (exact) mass is 1010 g/mol. The minimum atomic E-state index is -0.895. The van der Waals surface area contributed by atoms with Crippen molar-refractivity contribution in [2.24, 2.45) is 0 Å². The number of carbonyl (C=O) groups is 2. The van der Waals surface area contributed by atoms with Gasteiger partial charge in [0.1, 0.15) is 6.61 Å². The highest BCUT2D eigenvalue weighted by Crippen LogP contribution is 2.43. The molecule has 0 aliphatic carbocycles. The van der Waals surface area contributed by atoms with Gasteiger partial charge in [0.25, 0.3) is 11.8 Å². The summed E-state index contributed by atoms with van der Waals surface area (Å²) in [5.41, 5.74) is -0.255. The Balaban J connectivity index is 1.22. The number of nitrogens with zero attached hydrogens (tertiary/aromatic N) is 2. The minimum Gasteiger partial charge on any atom is -0.488 e. The van der Waals surface area contributed by atoms with E-state index in [1.807, 2.05) is 0 Å². The Morgan fingerprint density at radius 3 is 0.929 bits per heavy atom. The summed E-state index contributed by atoms with van der Waals surface area (Å²) in [6.45, 7) is 15.9. The molecule has 0 N–H and O–H groups in total. The first-order valence-electron chi connectivity index (χ1n) is 23.6. The van der Waals surface area contributed by atoms with Crippen molar-refractivity contribution in [2.75, 3.05) is 226 Å². The normalized spacial score (nSPS) is 13.0. The lowest BCUT2D eigenvalue weighted by Crippen LogP contribution is -2.33. The molecule has 1 aliphatic rings. The second-order valence-electron chi connectivity index (χ2n) is 14.4. The minimum absolute atomic E-state index is 0.0876. The third-order valence-corrected chi connectivity index (χ3v) is 9.32. The molecule has 1 atom stereocenters. The summed E-state index contributed by atoms with van der Waals surface area (Å²) in [5.74, 6) is -1.09. The van der Waals surface area contributed by atoms with Gasteiger partial charge in [-0.3, -0.25) is 24.6 Å². The number of nitro benzene ring substituents is 1. The lowest BCUT2D eigenvalue weighted by atomic mass is 10.0. The summed E-state index contributed by atoms with van der Waals surface area (Å²) in [5, 5.41) is 12.0. The quantitative estimate of drug-likeness (QED) is 0.0391. The maximum absolute atomic E-state index is 12.1. The van der Waals surface area contributed by atoms with Crippen LogP contribution in [0.3, 0.4) is 0 Å². The van der Waals surface area contributed by atoms with Crippen molar-refractivity contribution in [1.82, 2.24) is 4.90 Å². The standard InChI is InChI=1S/C46H78N2O22/c1-40(47-43(49)6-7-44(47)50)41-4-5-42(46(54-3)45(41)48(51)52)70-39-38-69-37-36-68-35-34-67-33-32-66-31-30-65-29-28-64-27-26-63-25-24-62-23-22-61-21-20-60-19-18-59-17-16-58-15-14-57-13-12-56-11-10-55-9-8-53-2/h4-7,40H,8-39H2,1-3H3. The maximum Gasteiger partial charge on any atom is 0.320 e. The molecule has 404 valence electrons. The van der Waals surface area contributed by atoms with Crippen molar-refractivity contribution in [3.63, 3.8) is 0 Å². The Hall–Kier alpha value is -3.54. The highest BCUT2D eigenvalue weighted by molar-refractivity contribution is 6.13. The second kappa shape index (κ2) is 45.3. The number of benzene rings is 1. The number of rotatable bonds is 53. The van der Waals surface area contributed by atoms with Gasteiger partial charge in [-0.1, -0.05) is 0 Å². The summed E-state index contributed by atoms with van der Waals surface area (Å²) in [7, 11) is 2.92. The van der Waals surface area contributed by atoms with Crippen LogP contribution in [0.4, 0.5) is 5.69 Å². The van der Waals surface area contributed by atoms with Gasteiger partial charge in [0.05, 0.1) is 228 Å². The zero-order valence-electron chi connectivity index (χ0n) is 41.4. The molecule has 2 rings (SSSR count). The van der Waals surface area contributed by atoms with Crippen LogP contribution in [0.1, 0.15) is 18.5 Å². The first kappa shape index (κ1) is 62.6. The van der Waals surface area contributed by atoms with Crippen molar-refractivity contribution in [3.05, 3.63) is 40.0 Å². The SMILES string of the molecule is COCCOCCOCCOCCOCCOCCOCCOCCOCCOCCOCCOCCOCCOCCOCCOCCOc1ccc(C(C)N2C(=O)C=CC2=O)c([N+](=O)[O-])c1OC. The molecule has 24 nitrogen and oxygen atoms in total. The molecular formula is C46H78N2O22. The van der Waals surface area contributed by atoms with Crippen LogP contribution in [0.2, 0.25) is 0 Å². The predicted molar refractivity (Wildman–Crippen MR) is 249 cm³/mol. The Morgan fingerprint density at radius 2 is 0.686 bits per heavy atom. The molecule has 0 spiro atoms. The van der Waals surface area contributed by atoms with E-state index in [2.05, 4.69) is 0 Å². The topological polar surface area (TPSA) is 247 Å². The van der Waals surface area contributed by atoms with E-state index in [4.69, 9.17) is 85.3 Å². The lowest BCUT2D eigenvalue weighted by molar-refractivity contribution is -0.386. The average molecular weight is 1010 g/mol. The Labute approximate surface area is 411 Å². The molecule has 1 aliphatic heterocycles. The van der Waals surface area contributed by atoms with Crippen molar-refractivity contribution in [2.45, 2.75) is 13.0 Å². The van der Waals surface area contributed by atoms with Gasteiger partial charge in [-0.15, -0.1) is 0 Å². The fraction of sp³-hybridized carbons (Fsp3) is 0.783. The zero-order valence-corrected chi connectivity index (χ0v) is 41.4. The van der Waals surface area contributed by atoms with Gasteiger partial charge in [-0.05, 0) is 19.1 Å². The molecule has 1 aromatic carbocycles. The van der Waals surface area contributed by atoms with Gasteiger partial charge in [-0.2, -0.15) is 0 Å². The Bertz CT molecular complexity index is 1460. The van der Waals surface area contributed by atoms with Crippen molar-refractivity contribution >= 4 is 17.5 Å². The van der Waals surface area contributed by atoms with Gasteiger partial charge in [-0.25, -0.2) is 0 Å². The van der Waals surface area contributed by atoms with Crippen LogP contribution in [0.15, 0.2) is 24.3 Å². The summed E-state index contributed by atoms with van der Waals surface area (Å²) >= 11 is 0. The molecule has 0 saturated heterocycles.